The molecule has 2 unspecified atom stereocenters. The van der Waals surface area contributed by atoms with Gasteiger partial charge >= 0.3 is 5.97 Å². The van der Waals surface area contributed by atoms with Gasteiger partial charge in [0.1, 0.15) is 5.54 Å². The largest absolute Gasteiger partial charge is 0.465 e. The van der Waals surface area contributed by atoms with Crippen molar-refractivity contribution in [2.45, 2.75) is 64.5 Å². The van der Waals surface area contributed by atoms with Crippen molar-refractivity contribution in [3.05, 3.63) is 0 Å². The zero-order valence-electron chi connectivity index (χ0n) is 12.0. The van der Waals surface area contributed by atoms with E-state index in [2.05, 4.69) is 12.2 Å². The molecule has 1 N–H and O–H groups in total. The summed E-state index contributed by atoms with van der Waals surface area (Å²) in [5, 5.41) is 3.40. The molecule has 1 aliphatic rings. The average Bonchev–Trinajstić information content (AvgIpc) is 2.37. The molecule has 1 saturated carbocycles. The Kier molecular flexibility index (Phi) is 6.65. The summed E-state index contributed by atoms with van der Waals surface area (Å²) in [5.41, 5.74) is -0.524. The van der Waals surface area contributed by atoms with Gasteiger partial charge in [0.05, 0.1) is 12.7 Å². The predicted molar refractivity (Wildman–Crippen MR) is 71.5 cm³/mol. The van der Waals surface area contributed by atoms with Gasteiger partial charge in [-0.3, -0.25) is 4.79 Å². The zero-order valence-corrected chi connectivity index (χ0v) is 12.0. The zero-order chi connectivity index (χ0) is 13.4. The van der Waals surface area contributed by atoms with E-state index in [9.17, 15) is 4.79 Å². The van der Waals surface area contributed by atoms with E-state index in [1.165, 1.54) is 0 Å². The number of ether oxygens (including phenoxy) is 2. The fourth-order valence-corrected chi connectivity index (χ4v) is 2.65. The van der Waals surface area contributed by atoms with Crippen LogP contribution in [0.1, 0.15) is 52.9 Å². The molecule has 0 aromatic rings. The first-order chi connectivity index (χ1) is 8.68. The molecule has 0 aliphatic heterocycles. The van der Waals surface area contributed by atoms with Crippen LogP contribution in [0.25, 0.3) is 0 Å². The van der Waals surface area contributed by atoms with Crippen LogP contribution in [-0.2, 0) is 14.3 Å². The van der Waals surface area contributed by atoms with Crippen LogP contribution < -0.4 is 5.32 Å². The second-order valence-corrected chi connectivity index (χ2v) is 4.90. The Morgan fingerprint density at radius 1 is 1.33 bits per heavy atom. The topological polar surface area (TPSA) is 47.6 Å². The highest BCUT2D eigenvalue weighted by atomic mass is 16.5. The quantitative estimate of drug-likeness (QED) is 0.711. The fraction of sp³-hybridized carbons (Fsp3) is 0.929. The van der Waals surface area contributed by atoms with Crippen molar-refractivity contribution in [3.8, 4) is 0 Å². The molecule has 0 heterocycles. The maximum absolute atomic E-state index is 12.2. The minimum absolute atomic E-state index is 0.108. The van der Waals surface area contributed by atoms with Gasteiger partial charge in [-0.2, -0.15) is 0 Å². The fourth-order valence-electron chi connectivity index (χ4n) is 2.65. The molecule has 0 bridgehead atoms. The van der Waals surface area contributed by atoms with Gasteiger partial charge in [0.15, 0.2) is 0 Å². The van der Waals surface area contributed by atoms with Crippen molar-refractivity contribution in [1.29, 1.82) is 0 Å². The van der Waals surface area contributed by atoms with Crippen molar-refractivity contribution in [2.75, 3.05) is 19.8 Å². The van der Waals surface area contributed by atoms with Crippen molar-refractivity contribution in [3.63, 3.8) is 0 Å². The summed E-state index contributed by atoms with van der Waals surface area (Å²) >= 11 is 0. The second kappa shape index (κ2) is 7.74. The summed E-state index contributed by atoms with van der Waals surface area (Å²) in [4.78, 5) is 12.2. The summed E-state index contributed by atoms with van der Waals surface area (Å²) in [7, 11) is 0. The maximum atomic E-state index is 12.2. The SMILES string of the molecule is CCCNC1(C(=O)OCC)CCCC(OCC)C1. The molecule has 18 heavy (non-hydrogen) atoms. The van der Waals surface area contributed by atoms with Crippen LogP contribution in [0.15, 0.2) is 0 Å². The van der Waals surface area contributed by atoms with Gasteiger partial charge in [0.2, 0.25) is 0 Å². The first-order valence-corrected chi connectivity index (χ1v) is 7.22. The molecule has 0 spiro atoms. The number of esters is 1. The lowest BCUT2D eigenvalue weighted by Crippen LogP contribution is -2.57. The Morgan fingerprint density at radius 2 is 2.11 bits per heavy atom. The Bertz CT molecular complexity index is 255. The third-order valence-corrected chi connectivity index (χ3v) is 3.49. The van der Waals surface area contributed by atoms with Crippen LogP contribution >= 0.6 is 0 Å². The normalized spacial score (nSPS) is 28.1. The van der Waals surface area contributed by atoms with Crippen LogP contribution in [-0.4, -0.2) is 37.4 Å². The highest BCUT2D eigenvalue weighted by Crippen LogP contribution is 2.31. The molecule has 1 rings (SSSR count). The van der Waals surface area contributed by atoms with Crippen LogP contribution in [0, 0.1) is 0 Å². The Balaban J connectivity index is 2.72. The second-order valence-electron chi connectivity index (χ2n) is 4.90. The number of hydrogen-bond donors (Lipinski definition) is 1. The first kappa shape index (κ1) is 15.4. The third-order valence-electron chi connectivity index (χ3n) is 3.49. The van der Waals surface area contributed by atoms with Crippen LogP contribution in [0.5, 0.6) is 0 Å². The molecule has 0 aromatic heterocycles. The molecule has 106 valence electrons. The lowest BCUT2D eigenvalue weighted by atomic mass is 9.80. The third kappa shape index (κ3) is 3.95. The minimum atomic E-state index is -0.524. The van der Waals surface area contributed by atoms with Crippen LogP contribution in [0.4, 0.5) is 0 Å². The van der Waals surface area contributed by atoms with E-state index in [0.717, 1.165) is 38.6 Å². The molecular weight excluding hydrogens is 230 g/mol. The summed E-state index contributed by atoms with van der Waals surface area (Å²) in [6.45, 7) is 7.95. The summed E-state index contributed by atoms with van der Waals surface area (Å²) in [6, 6.07) is 0. The highest BCUT2D eigenvalue weighted by Gasteiger charge is 2.43. The molecule has 1 fully saturated rings. The van der Waals surface area contributed by atoms with E-state index >= 15 is 0 Å². The molecule has 4 heteroatoms. The van der Waals surface area contributed by atoms with E-state index in [-0.39, 0.29) is 12.1 Å². The first-order valence-electron chi connectivity index (χ1n) is 7.22. The molecule has 2 atom stereocenters. The van der Waals surface area contributed by atoms with Gasteiger partial charge < -0.3 is 14.8 Å². The predicted octanol–water partition coefficient (Wildman–Crippen LogP) is 2.27. The van der Waals surface area contributed by atoms with Gasteiger partial charge in [0.25, 0.3) is 0 Å². The molecule has 0 aromatic carbocycles. The number of carbonyl (C=O) groups is 1. The Labute approximate surface area is 110 Å². The molecule has 0 amide bonds. The Morgan fingerprint density at radius 3 is 2.72 bits per heavy atom. The standard InChI is InChI=1S/C14H27NO3/c1-4-10-15-14(13(16)18-6-3)9-7-8-12(11-14)17-5-2/h12,15H,4-11H2,1-3H3. The van der Waals surface area contributed by atoms with E-state index in [1.807, 2.05) is 13.8 Å². The summed E-state index contributed by atoms with van der Waals surface area (Å²) < 4.78 is 10.9. The number of hydrogen-bond acceptors (Lipinski definition) is 4. The van der Waals surface area contributed by atoms with Gasteiger partial charge in [-0.1, -0.05) is 6.92 Å². The van der Waals surface area contributed by atoms with Crippen molar-refractivity contribution in [2.24, 2.45) is 0 Å². The van der Waals surface area contributed by atoms with Gasteiger partial charge in [-0.25, -0.2) is 0 Å². The monoisotopic (exact) mass is 257 g/mol. The van der Waals surface area contributed by atoms with Gasteiger partial charge in [-0.05, 0) is 46.1 Å². The number of carbonyl (C=O) groups excluding carboxylic acids is 1. The van der Waals surface area contributed by atoms with Gasteiger partial charge in [0, 0.05) is 13.0 Å². The smallest absolute Gasteiger partial charge is 0.326 e. The van der Waals surface area contributed by atoms with E-state index in [4.69, 9.17) is 9.47 Å². The average molecular weight is 257 g/mol. The van der Waals surface area contributed by atoms with Crippen LogP contribution in [0.2, 0.25) is 0 Å². The lowest BCUT2D eigenvalue weighted by Gasteiger charge is -2.39. The van der Waals surface area contributed by atoms with E-state index in [1.54, 1.807) is 0 Å². The maximum Gasteiger partial charge on any atom is 0.326 e. The van der Waals surface area contributed by atoms with E-state index < -0.39 is 5.54 Å². The van der Waals surface area contributed by atoms with Gasteiger partial charge in [-0.15, -0.1) is 0 Å². The number of rotatable bonds is 7. The molecule has 0 saturated heterocycles. The van der Waals surface area contributed by atoms with Crippen molar-refractivity contribution in [1.82, 2.24) is 5.32 Å². The number of nitrogens with one attached hydrogen (secondary N) is 1. The molecule has 0 radical (unpaired) electrons. The highest BCUT2D eigenvalue weighted by molar-refractivity contribution is 5.81. The van der Waals surface area contributed by atoms with Crippen molar-refractivity contribution >= 4 is 5.97 Å². The molecule has 4 nitrogen and oxygen atoms in total. The van der Waals surface area contributed by atoms with Crippen molar-refractivity contribution < 1.29 is 14.3 Å². The van der Waals surface area contributed by atoms with E-state index in [0.29, 0.717) is 13.2 Å². The molecule has 1 aliphatic carbocycles. The molecular formula is C14H27NO3. The Hall–Kier alpha value is -0.610. The summed E-state index contributed by atoms with van der Waals surface area (Å²) in [5.74, 6) is -0.108. The lowest BCUT2D eigenvalue weighted by molar-refractivity contribution is -0.155. The summed E-state index contributed by atoms with van der Waals surface area (Å²) in [6.07, 6.45) is 4.84. The minimum Gasteiger partial charge on any atom is -0.465 e. The van der Waals surface area contributed by atoms with Crippen LogP contribution in [0.3, 0.4) is 0 Å².